The Bertz CT molecular complexity index is 1580. The molecule has 0 aliphatic carbocycles. The first-order chi connectivity index (χ1) is 17.9. The van der Waals surface area contributed by atoms with Crippen LogP contribution in [0.1, 0.15) is 22.9 Å². The molecule has 2 heterocycles. The van der Waals surface area contributed by atoms with Gasteiger partial charge in [-0.3, -0.25) is 4.79 Å². The largest absolute Gasteiger partial charge is 0.364 e. The van der Waals surface area contributed by atoms with E-state index >= 15 is 0 Å². The number of nitrogens with one attached hydrogen (secondary N) is 2. The van der Waals surface area contributed by atoms with Crippen molar-refractivity contribution in [2.24, 2.45) is 5.18 Å². The van der Waals surface area contributed by atoms with Crippen molar-refractivity contribution in [1.82, 2.24) is 15.5 Å². The second-order valence-corrected chi connectivity index (χ2v) is 8.97. The van der Waals surface area contributed by atoms with Crippen LogP contribution < -0.4 is 5.32 Å². The highest BCUT2D eigenvalue weighted by atomic mass is 35.5. The van der Waals surface area contributed by atoms with E-state index in [0.29, 0.717) is 32.8 Å². The van der Waals surface area contributed by atoms with Crippen molar-refractivity contribution in [3.05, 3.63) is 112 Å². The number of hydrogen-bond donors (Lipinski definition) is 2. The van der Waals surface area contributed by atoms with E-state index in [0.717, 1.165) is 17.1 Å². The number of benzene rings is 3. The lowest BCUT2D eigenvalue weighted by Crippen LogP contribution is -2.31. The minimum atomic E-state index is -0.768. The van der Waals surface area contributed by atoms with Gasteiger partial charge in [0.05, 0.1) is 12.5 Å². The molecule has 37 heavy (non-hydrogen) atoms. The van der Waals surface area contributed by atoms with E-state index in [9.17, 15) is 18.5 Å². The van der Waals surface area contributed by atoms with Crippen molar-refractivity contribution in [1.29, 1.82) is 0 Å². The van der Waals surface area contributed by atoms with Crippen LogP contribution in [0.3, 0.4) is 0 Å². The number of aromatic amines is 1. The number of nitrogens with zero attached hydrogens (tertiary/aromatic N) is 2. The fourth-order valence-corrected chi connectivity index (χ4v) is 4.44. The van der Waals surface area contributed by atoms with Crippen LogP contribution in [0.4, 0.5) is 14.5 Å². The SMILES string of the molecule is O=Nc1ccc2[nH]cc(CC(=O)N[C@@H](Cc3cc(F)cc(F)c3)c3nocc3-c3ccc(Cl)cc3)c2c1. The maximum Gasteiger partial charge on any atom is 0.225 e. The van der Waals surface area contributed by atoms with Crippen LogP contribution in [0.2, 0.25) is 5.02 Å². The molecule has 7 nitrogen and oxygen atoms in total. The third-order valence-electron chi connectivity index (χ3n) is 5.99. The van der Waals surface area contributed by atoms with Gasteiger partial charge in [0.25, 0.3) is 0 Å². The van der Waals surface area contributed by atoms with Gasteiger partial charge in [0.1, 0.15) is 29.3 Å². The van der Waals surface area contributed by atoms with Gasteiger partial charge >= 0.3 is 0 Å². The van der Waals surface area contributed by atoms with E-state index in [4.69, 9.17) is 16.1 Å². The number of amides is 1. The van der Waals surface area contributed by atoms with Gasteiger partial charge in [0.15, 0.2) is 0 Å². The molecule has 5 aromatic rings. The van der Waals surface area contributed by atoms with Gasteiger partial charge < -0.3 is 14.8 Å². The maximum atomic E-state index is 13.9. The number of halogens is 3. The summed E-state index contributed by atoms with van der Waals surface area (Å²) in [6.45, 7) is 0. The topological polar surface area (TPSA) is 100 Å². The quantitative estimate of drug-likeness (QED) is 0.220. The molecule has 0 saturated heterocycles. The first kappa shape index (κ1) is 24.3. The van der Waals surface area contributed by atoms with E-state index in [1.165, 1.54) is 18.4 Å². The number of fused-ring (bicyclic) bond motifs is 1. The Morgan fingerprint density at radius 2 is 1.84 bits per heavy atom. The van der Waals surface area contributed by atoms with Gasteiger partial charge in [0.2, 0.25) is 5.91 Å². The summed E-state index contributed by atoms with van der Waals surface area (Å²) >= 11 is 6.02. The number of carbonyl (C=O) groups is 1. The van der Waals surface area contributed by atoms with Crippen molar-refractivity contribution in [2.45, 2.75) is 18.9 Å². The van der Waals surface area contributed by atoms with Gasteiger partial charge in [-0.2, -0.15) is 0 Å². The standard InChI is InChI=1S/C27H19ClF2N4O3/c28-18-3-1-16(2-4-18)23-14-37-34-27(23)25(9-15-7-19(29)11-20(30)8-15)32-26(35)10-17-13-31-24-6-5-21(33-36)12-22(17)24/h1-8,11-14,25,31H,9-10H2,(H,32,35)/t25-/m0/s1. The Balaban J connectivity index is 1.46. The third kappa shape index (κ3) is 5.41. The molecule has 5 rings (SSSR count). The lowest BCUT2D eigenvalue weighted by atomic mass is 9.97. The second-order valence-electron chi connectivity index (χ2n) is 8.53. The third-order valence-corrected chi connectivity index (χ3v) is 6.24. The van der Waals surface area contributed by atoms with Crippen molar-refractivity contribution in [2.75, 3.05) is 0 Å². The van der Waals surface area contributed by atoms with Crippen LogP contribution in [-0.4, -0.2) is 16.0 Å². The first-order valence-electron chi connectivity index (χ1n) is 11.3. The monoisotopic (exact) mass is 520 g/mol. The first-order valence-corrected chi connectivity index (χ1v) is 11.7. The summed E-state index contributed by atoms with van der Waals surface area (Å²) in [5.74, 6) is -1.81. The Labute approximate surface area is 214 Å². The summed E-state index contributed by atoms with van der Waals surface area (Å²) in [7, 11) is 0. The second kappa shape index (κ2) is 10.3. The fraction of sp³-hybridized carbons (Fsp3) is 0.111. The Morgan fingerprint density at radius 3 is 2.57 bits per heavy atom. The van der Waals surface area contributed by atoms with Gasteiger partial charge in [-0.1, -0.05) is 28.9 Å². The van der Waals surface area contributed by atoms with Gasteiger partial charge in [-0.05, 0) is 70.8 Å². The number of carbonyl (C=O) groups excluding carboxylic acids is 1. The average molecular weight is 521 g/mol. The molecule has 0 aliphatic heterocycles. The summed E-state index contributed by atoms with van der Waals surface area (Å²) < 4.78 is 33.1. The zero-order valence-electron chi connectivity index (χ0n) is 19.2. The number of hydrogen-bond acceptors (Lipinski definition) is 5. The van der Waals surface area contributed by atoms with E-state index in [1.54, 1.807) is 48.7 Å². The molecule has 186 valence electrons. The number of H-pyrrole nitrogens is 1. The normalized spacial score (nSPS) is 12.0. The zero-order valence-corrected chi connectivity index (χ0v) is 19.9. The summed E-state index contributed by atoms with van der Waals surface area (Å²) in [5.41, 5.74) is 3.74. The van der Waals surface area contributed by atoms with Crippen molar-refractivity contribution >= 4 is 34.1 Å². The summed E-state index contributed by atoms with van der Waals surface area (Å²) in [6, 6.07) is 14.3. The van der Waals surface area contributed by atoms with Gasteiger partial charge in [0, 0.05) is 33.8 Å². The minimum Gasteiger partial charge on any atom is -0.364 e. The molecule has 0 saturated carbocycles. The van der Waals surface area contributed by atoms with Crippen molar-refractivity contribution in [3.8, 4) is 11.1 Å². The van der Waals surface area contributed by atoms with E-state index in [-0.39, 0.29) is 24.4 Å². The molecular formula is C27H19ClF2N4O3. The Morgan fingerprint density at radius 1 is 1.08 bits per heavy atom. The zero-order chi connectivity index (χ0) is 25.9. The molecule has 0 unspecified atom stereocenters. The maximum absolute atomic E-state index is 13.9. The predicted molar refractivity (Wildman–Crippen MR) is 135 cm³/mol. The molecule has 2 aromatic heterocycles. The van der Waals surface area contributed by atoms with Crippen LogP contribution in [0.15, 0.2) is 82.8 Å². The highest BCUT2D eigenvalue weighted by Crippen LogP contribution is 2.31. The summed E-state index contributed by atoms with van der Waals surface area (Å²) in [4.78, 5) is 27.2. The molecule has 2 N–H and O–H groups in total. The van der Waals surface area contributed by atoms with Crippen LogP contribution >= 0.6 is 11.6 Å². The molecule has 0 fully saturated rings. The highest BCUT2D eigenvalue weighted by Gasteiger charge is 2.24. The molecule has 0 bridgehead atoms. The highest BCUT2D eigenvalue weighted by molar-refractivity contribution is 6.30. The van der Waals surface area contributed by atoms with Crippen LogP contribution in [0, 0.1) is 16.5 Å². The summed E-state index contributed by atoms with van der Waals surface area (Å²) in [6.07, 6.45) is 3.16. The summed E-state index contributed by atoms with van der Waals surface area (Å²) in [5, 5.41) is 11.2. The molecule has 3 aromatic carbocycles. The van der Waals surface area contributed by atoms with Gasteiger partial charge in [-0.15, -0.1) is 4.91 Å². The number of nitroso groups, excluding NO2 is 1. The lowest BCUT2D eigenvalue weighted by Gasteiger charge is -2.18. The van der Waals surface area contributed by atoms with E-state index in [1.807, 2.05) is 0 Å². The van der Waals surface area contributed by atoms with Crippen LogP contribution in [0.25, 0.3) is 22.0 Å². The molecule has 1 amide bonds. The molecule has 1 atom stereocenters. The average Bonchev–Trinajstić information content (AvgIpc) is 3.51. The predicted octanol–water partition coefficient (Wildman–Crippen LogP) is 6.80. The van der Waals surface area contributed by atoms with E-state index < -0.39 is 17.7 Å². The molecule has 0 radical (unpaired) electrons. The molecule has 10 heteroatoms. The minimum absolute atomic E-state index is 0.0234. The molecule has 0 aliphatic rings. The number of aromatic nitrogens is 2. The Kier molecular flexibility index (Phi) is 6.78. The van der Waals surface area contributed by atoms with Crippen LogP contribution in [-0.2, 0) is 17.6 Å². The Hall–Kier alpha value is -4.37. The molecule has 0 spiro atoms. The number of rotatable bonds is 8. The van der Waals surface area contributed by atoms with Gasteiger partial charge in [-0.25, -0.2) is 8.78 Å². The van der Waals surface area contributed by atoms with E-state index in [2.05, 4.69) is 20.6 Å². The fourth-order valence-electron chi connectivity index (χ4n) is 4.31. The lowest BCUT2D eigenvalue weighted by molar-refractivity contribution is -0.121. The van der Waals surface area contributed by atoms with Crippen molar-refractivity contribution in [3.63, 3.8) is 0 Å². The smallest absolute Gasteiger partial charge is 0.225 e. The molecular weight excluding hydrogens is 502 g/mol. The van der Waals surface area contributed by atoms with Crippen LogP contribution in [0.5, 0.6) is 0 Å². The van der Waals surface area contributed by atoms with Crippen molar-refractivity contribution < 1.29 is 18.1 Å².